The first kappa shape index (κ1) is 27.4. The van der Waals surface area contributed by atoms with Gasteiger partial charge in [-0.25, -0.2) is 22.0 Å². The SMILES string of the molecule is COC[C@@H]1c2cn(S(C)(=O)=O)nc2CN1[C@H]1CO[C@H](c2cc(F)ccc2F)[C@@H](N(C(=O)O)C(C)(C)C)C1. The van der Waals surface area contributed by atoms with E-state index in [0.717, 1.165) is 28.5 Å². The minimum absolute atomic E-state index is 0.0402. The van der Waals surface area contributed by atoms with Crippen LogP contribution in [0.15, 0.2) is 24.4 Å². The molecule has 3 heterocycles. The van der Waals surface area contributed by atoms with Crippen LogP contribution in [0.25, 0.3) is 0 Å². The highest BCUT2D eigenvalue weighted by Crippen LogP contribution is 2.42. The number of aromatic nitrogens is 2. The summed E-state index contributed by atoms with van der Waals surface area (Å²) < 4.78 is 65.4. The van der Waals surface area contributed by atoms with E-state index in [1.165, 1.54) is 18.2 Å². The normalized spacial score (nSPS) is 24.7. The Bertz CT molecular complexity index is 1280. The van der Waals surface area contributed by atoms with Gasteiger partial charge in [0.05, 0.1) is 37.2 Å². The summed E-state index contributed by atoms with van der Waals surface area (Å²) in [7, 11) is -2.04. The number of carbonyl (C=O) groups is 1. The van der Waals surface area contributed by atoms with E-state index < -0.39 is 45.4 Å². The summed E-state index contributed by atoms with van der Waals surface area (Å²) in [6, 6.07) is 1.55. The summed E-state index contributed by atoms with van der Waals surface area (Å²) in [5, 5.41) is 14.4. The Balaban J connectivity index is 1.70. The van der Waals surface area contributed by atoms with E-state index >= 15 is 0 Å². The zero-order chi connectivity index (χ0) is 27.3. The van der Waals surface area contributed by atoms with Crippen LogP contribution in [0, 0.1) is 11.6 Å². The number of carboxylic acid groups (broad SMARTS) is 1. The van der Waals surface area contributed by atoms with Gasteiger partial charge in [-0.05, 0) is 45.4 Å². The second kappa shape index (κ2) is 9.93. The van der Waals surface area contributed by atoms with Crippen molar-refractivity contribution in [3.05, 3.63) is 52.9 Å². The minimum Gasteiger partial charge on any atom is -0.465 e. The van der Waals surface area contributed by atoms with Gasteiger partial charge in [-0.1, -0.05) is 0 Å². The van der Waals surface area contributed by atoms with Crippen molar-refractivity contribution in [2.75, 3.05) is 26.6 Å². The number of benzene rings is 1. The topological polar surface area (TPSA) is 114 Å². The molecule has 0 aliphatic carbocycles. The first-order valence-electron chi connectivity index (χ1n) is 11.8. The summed E-state index contributed by atoms with van der Waals surface area (Å²) >= 11 is 0. The fourth-order valence-corrected chi connectivity index (χ4v) is 5.93. The predicted molar refractivity (Wildman–Crippen MR) is 129 cm³/mol. The average Bonchev–Trinajstić information content (AvgIpc) is 3.34. The lowest BCUT2D eigenvalue weighted by molar-refractivity contribution is -0.110. The van der Waals surface area contributed by atoms with Crippen molar-refractivity contribution < 1.29 is 36.6 Å². The number of rotatable bonds is 6. The fourth-order valence-electron chi connectivity index (χ4n) is 5.38. The highest BCUT2D eigenvalue weighted by Gasteiger charge is 2.47. The molecule has 1 saturated heterocycles. The van der Waals surface area contributed by atoms with Crippen LogP contribution in [0.3, 0.4) is 0 Å². The molecule has 204 valence electrons. The summed E-state index contributed by atoms with van der Waals surface area (Å²) in [5.74, 6) is -1.33. The third-order valence-electron chi connectivity index (χ3n) is 6.88. The molecule has 13 heteroatoms. The number of amides is 1. The van der Waals surface area contributed by atoms with Gasteiger partial charge in [-0.15, -0.1) is 0 Å². The standard InChI is InChI=1S/C24H32F2N4O6S/c1-24(2,3)30(23(31)32)20-9-15(12-36-22(20)16-8-14(25)6-7-18(16)26)28-11-19-17(21(28)13-35-4)10-29(27-19)37(5,33)34/h6-8,10,15,20-22H,9,11-13H2,1-5H3,(H,31,32)/t15-,20+,21-,22-/m1/s1. The van der Waals surface area contributed by atoms with E-state index in [-0.39, 0.29) is 37.3 Å². The second-order valence-corrected chi connectivity index (χ2v) is 12.4. The van der Waals surface area contributed by atoms with Crippen LogP contribution in [0.5, 0.6) is 0 Å². The van der Waals surface area contributed by atoms with Gasteiger partial charge in [0.2, 0.25) is 0 Å². The second-order valence-electron chi connectivity index (χ2n) is 10.5. The summed E-state index contributed by atoms with van der Waals surface area (Å²) in [5.41, 5.74) is 0.377. The smallest absolute Gasteiger partial charge is 0.408 e. The third-order valence-corrected chi connectivity index (χ3v) is 7.75. The lowest BCUT2D eigenvalue weighted by atomic mass is 9.88. The van der Waals surface area contributed by atoms with Crippen molar-refractivity contribution in [1.82, 2.24) is 19.0 Å². The summed E-state index contributed by atoms with van der Waals surface area (Å²) in [6.45, 7) is 5.86. The van der Waals surface area contributed by atoms with Gasteiger partial charge in [0.15, 0.2) is 0 Å². The van der Waals surface area contributed by atoms with E-state index in [0.29, 0.717) is 17.8 Å². The van der Waals surface area contributed by atoms with Crippen molar-refractivity contribution in [1.29, 1.82) is 0 Å². The molecule has 4 rings (SSSR count). The maximum absolute atomic E-state index is 14.8. The third kappa shape index (κ3) is 5.35. The van der Waals surface area contributed by atoms with Gasteiger partial charge in [-0.3, -0.25) is 9.80 Å². The molecule has 4 atom stereocenters. The van der Waals surface area contributed by atoms with Crippen molar-refractivity contribution in [3.8, 4) is 0 Å². The lowest BCUT2D eigenvalue weighted by Gasteiger charge is -2.49. The number of nitrogens with zero attached hydrogens (tertiary/aromatic N) is 4. The molecule has 2 aromatic rings. The largest absolute Gasteiger partial charge is 0.465 e. The van der Waals surface area contributed by atoms with Gasteiger partial charge >= 0.3 is 6.09 Å². The zero-order valence-corrected chi connectivity index (χ0v) is 22.2. The molecule has 0 unspecified atom stereocenters. The molecule has 2 aliphatic rings. The number of hydrogen-bond acceptors (Lipinski definition) is 7. The molecular formula is C24H32F2N4O6S. The van der Waals surface area contributed by atoms with Gasteiger partial charge in [0.25, 0.3) is 10.0 Å². The first-order chi connectivity index (χ1) is 17.2. The van der Waals surface area contributed by atoms with Crippen LogP contribution in [0.1, 0.15) is 56.2 Å². The van der Waals surface area contributed by atoms with Crippen LogP contribution >= 0.6 is 0 Å². The number of halogens is 2. The number of fused-ring (bicyclic) bond motifs is 1. The monoisotopic (exact) mass is 542 g/mol. The van der Waals surface area contributed by atoms with Crippen LogP contribution in [0.4, 0.5) is 13.6 Å². The van der Waals surface area contributed by atoms with Crippen LogP contribution in [0.2, 0.25) is 0 Å². The molecule has 0 spiro atoms. The lowest BCUT2D eigenvalue weighted by Crippen LogP contribution is -2.58. The average molecular weight is 543 g/mol. The van der Waals surface area contributed by atoms with E-state index in [1.807, 2.05) is 4.90 Å². The molecule has 1 aromatic heterocycles. The van der Waals surface area contributed by atoms with Crippen LogP contribution in [-0.2, 0) is 26.0 Å². The number of ether oxygens (including phenoxy) is 2. The molecule has 1 aromatic carbocycles. The van der Waals surface area contributed by atoms with Crippen LogP contribution in [-0.4, -0.2) is 82.8 Å². The Labute approximate surface area is 214 Å². The van der Waals surface area contributed by atoms with E-state index in [4.69, 9.17) is 9.47 Å². The molecule has 0 radical (unpaired) electrons. The van der Waals surface area contributed by atoms with Crippen molar-refractivity contribution >= 4 is 16.1 Å². The van der Waals surface area contributed by atoms with Gasteiger partial charge < -0.3 is 14.6 Å². The van der Waals surface area contributed by atoms with E-state index in [2.05, 4.69) is 5.10 Å². The van der Waals surface area contributed by atoms with Crippen LogP contribution < -0.4 is 0 Å². The molecule has 1 N–H and O–H groups in total. The predicted octanol–water partition coefficient (Wildman–Crippen LogP) is 3.15. The van der Waals surface area contributed by atoms with Crippen molar-refractivity contribution in [3.63, 3.8) is 0 Å². The Hall–Kier alpha value is -2.61. The Morgan fingerprint density at radius 1 is 1.30 bits per heavy atom. The van der Waals surface area contributed by atoms with Gasteiger partial charge in [-0.2, -0.15) is 9.19 Å². The maximum Gasteiger partial charge on any atom is 0.408 e. The zero-order valence-electron chi connectivity index (χ0n) is 21.4. The Kier molecular flexibility index (Phi) is 7.36. The van der Waals surface area contributed by atoms with Crippen molar-refractivity contribution in [2.24, 2.45) is 0 Å². The molecule has 0 saturated carbocycles. The van der Waals surface area contributed by atoms with E-state index in [1.54, 1.807) is 20.8 Å². The van der Waals surface area contributed by atoms with Gasteiger partial charge in [0, 0.05) is 42.6 Å². The molecule has 2 aliphatic heterocycles. The summed E-state index contributed by atoms with van der Waals surface area (Å²) in [6.07, 6.45) is 0.574. The Morgan fingerprint density at radius 2 is 2.00 bits per heavy atom. The fraction of sp³-hybridized carbons (Fsp3) is 0.583. The molecule has 1 fully saturated rings. The quantitative estimate of drug-likeness (QED) is 0.592. The van der Waals surface area contributed by atoms with Crippen molar-refractivity contribution in [2.45, 2.75) is 63.5 Å². The molecule has 0 bridgehead atoms. The molecular weight excluding hydrogens is 510 g/mol. The highest BCUT2D eigenvalue weighted by molar-refractivity contribution is 7.89. The number of methoxy groups -OCH3 is 1. The maximum atomic E-state index is 14.8. The Morgan fingerprint density at radius 3 is 2.59 bits per heavy atom. The molecule has 1 amide bonds. The highest BCUT2D eigenvalue weighted by atomic mass is 32.2. The van der Waals surface area contributed by atoms with Gasteiger partial charge in [0.1, 0.15) is 17.7 Å². The molecule has 10 nitrogen and oxygen atoms in total. The summed E-state index contributed by atoms with van der Waals surface area (Å²) in [4.78, 5) is 15.7. The first-order valence-corrected chi connectivity index (χ1v) is 13.7. The minimum atomic E-state index is -3.57. The van der Waals surface area contributed by atoms with E-state index in [9.17, 15) is 27.1 Å². The molecule has 37 heavy (non-hydrogen) atoms. The number of hydrogen-bond donors (Lipinski definition) is 1.